The molecule has 0 aliphatic rings. The number of carbonyl (C=O) groups is 2. The van der Waals surface area contributed by atoms with Gasteiger partial charge in [-0.05, 0) is 25.5 Å². The lowest BCUT2D eigenvalue weighted by Gasteiger charge is -2.26. The zero-order chi connectivity index (χ0) is 21.9. The van der Waals surface area contributed by atoms with E-state index in [2.05, 4.69) is 15.3 Å². The molecule has 0 aliphatic heterocycles. The van der Waals surface area contributed by atoms with Crippen molar-refractivity contribution in [3.8, 4) is 0 Å². The Balaban J connectivity index is 2.46. The van der Waals surface area contributed by atoms with Gasteiger partial charge in [0.2, 0.25) is 12.2 Å². The van der Waals surface area contributed by atoms with E-state index in [0.717, 1.165) is 0 Å². The molecular formula is C21H27N3O6. The lowest BCUT2D eigenvalue weighted by Crippen LogP contribution is -2.37. The van der Waals surface area contributed by atoms with E-state index in [1.165, 1.54) is 20.4 Å². The first-order valence-electron chi connectivity index (χ1n) is 9.58. The number of esters is 2. The quantitative estimate of drug-likeness (QED) is 0.335. The van der Waals surface area contributed by atoms with Crippen LogP contribution < -0.4 is 5.32 Å². The SMILES string of the molecule is CCOC(=O)C(C(=O)OCC)[C@H](Nc1nccc(C(OC)OC)n1)c1ccccc1. The highest BCUT2D eigenvalue weighted by atomic mass is 16.7. The van der Waals surface area contributed by atoms with Crippen molar-refractivity contribution in [3.05, 3.63) is 53.9 Å². The van der Waals surface area contributed by atoms with Crippen LogP contribution in [-0.2, 0) is 28.5 Å². The predicted octanol–water partition coefficient (Wildman–Crippen LogP) is 2.66. The Labute approximate surface area is 175 Å². The minimum Gasteiger partial charge on any atom is -0.465 e. The summed E-state index contributed by atoms with van der Waals surface area (Å²) in [6.45, 7) is 3.61. The molecule has 1 heterocycles. The first-order valence-corrected chi connectivity index (χ1v) is 9.58. The third kappa shape index (κ3) is 5.98. The van der Waals surface area contributed by atoms with Gasteiger partial charge >= 0.3 is 11.9 Å². The molecule has 0 bridgehead atoms. The molecule has 0 aliphatic carbocycles. The minimum atomic E-state index is -1.25. The van der Waals surface area contributed by atoms with Crippen LogP contribution >= 0.6 is 0 Å². The van der Waals surface area contributed by atoms with Crippen LogP contribution in [-0.4, -0.2) is 49.3 Å². The van der Waals surface area contributed by atoms with Gasteiger partial charge in [0.1, 0.15) is 5.69 Å². The molecule has 0 fully saturated rings. The number of rotatable bonds is 11. The minimum absolute atomic E-state index is 0.131. The lowest BCUT2D eigenvalue weighted by atomic mass is 9.93. The number of nitrogens with one attached hydrogen (secondary N) is 1. The summed E-state index contributed by atoms with van der Waals surface area (Å²) < 4.78 is 20.8. The van der Waals surface area contributed by atoms with Gasteiger partial charge in [-0.25, -0.2) is 9.97 Å². The average molecular weight is 417 g/mol. The molecule has 0 saturated heterocycles. The fraction of sp³-hybridized carbons (Fsp3) is 0.429. The van der Waals surface area contributed by atoms with Crippen LogP contribution in [0.3, 0.4) is 0 Å². The summed E-state index contributed by atoms with van der Waals surface area (Å²) in [6.07, 6.45) is 0.844. The fourth-order valence-electron chi connectivity index (χ4n) is 2.90. The molecule has 9 nitrogen and oxygen atoms in total. The molecule has 1 aromatic carbocycles. The van der Waals surface area contributed by atoms with Gasteiger partial charge in [0, 0.05) is 20.4 Å². The lowest BCUT2D eigenvalue weighted by molar-refractivity contribution is -0.162. The van der Waals surface area contributed by atoms with Gasteiger partial charge in [0.25, 0.3) is 0 Å². The molecule has 0 radical (unpaired) electrons. The van der Waals surface area contributed by atoms with E-state index in [4.69, 9.17) is 18.9 Å². The number of benzene rings is 1. The first kappa shape index (κ1) is 23.2. The van der Waals surface area contributed by atoms with Gasteiger partial charge in [-0.15, -0.1) is 0 Å². The van der Waals surface area contributed by atoms with Crippen molar-refractivity contribution >= 4 is 17.9 Å². The second kappa shape index (κ2) is 11.8. The van der Waals surface area contributed by atoms with E-state index in [1.54, 1.807) is 44.2 Å². The number of aromatic nitrogens is 2. The molecule has 0 amide bonds. The summed E-state index contributed by atoms with van der Waals surface area (Å²) in [5.41, 5.74) is 1.15. The normalized spacial score (nSPS) is 11.9. The van der Waals surface area contributed by atoms with Crippen LogP contribution in [0.4, 0.5) is 5.95 Å². The van der Waals surface area contributed by atoms with Crippen LogP contribution in [0.25, 0.3) is 0 Å². The Hall–Kier alpha value is -3.04. The van der Waals surface area contributed by atoms with E-state index in [1.807, 2.05) is 6.07 Å². The molecule has 0 spiro atoms. The number of hydrogen-bond donors (Lipinski definition) is 1. The van der Waals surface area contributed by atoms with E-state index in [-0.39, 0.29) is 19.2 Å². The van der Waals surface area contributed by atoms with Gasteiger partial charge in [-0.2, -0.15) is 0 Å². The third-order valence-electron chi connectivity index (χ3n) is 4.20. The maximum absolute atomic E-state index is 12.7. The monoisotopic (exact) mass is 417 g/mol. The first-order chi connectivity index (χ1) is 14.5. The van der Waals surface area contributed by atoms with E-state index < -0.39 is 30.2 Å². The van der Waals surface area contributed by atoms with E-state index in [9.17, 15) is 9.59 Å². The highest BCUT2D eigenvalue weighted by Gasteiger charge is 2.39. The van der Waals surface area contributed by atoms with Crippen molar-refractivity contribution in [2.24, 2.45) is 5.92 Å². The van der Waals surface area contributed by atoms with Gasteiger partial charge in [-0.1, -0.05) is 30.3 Å². The maximum Gasteiger partial charge on any atom is 0.322 e. The van der Waals surface area contributed by atoms with Gasteiger partial charge in [0.05, 0.1) is 19.3 Å². The molecule has 162 valence electrons. The summed E-state index contributed by atoms with van der Waals surface area (Å²) in [5, 5.41) is 3.08. The van der Waals surface area contributed by atoms with Gasteiger partial charge in [0.15, 0.2) is 5.92 Å². The van der Waals surface area contributed by atoms with Gasteiger partial charge < -0.3 is 24.3 Å². The fourth-order valence-corrected chi connectivity index (χ4v) is 2.90. The molecule has 30 heavy (non-hydrogen) atoms. The molecule has 1 aromatic heterocycles. The molecule has 1 atom stereocenters. The number of anilines is 1. The molecule has 9 heteroatoms. The van der Waals surface area contributed by atoms with Crippen LogP contribution in [0.1, 0.15) is 37.4 Å². The molecule has 2 rings (SSSR count). The molecule has 1 N–H and O–H groups in total. The number of nitrogens with zero attached hydrogens (tertiary/aromatic N) is 2. The van der Waals surface area contributed by atoms with Crippen LogP contribution in [0, 0.1) is 5.92 Å². The Bertz CT molecular complexity index is 795. The summed E-state index contributed by atoms with van der Waals surface area (Å²) in [7, 11) is 2.99. The van der Waals surface area contributed by atoms with Crippen molar-refractivity contribution in [1.82, 2.24) is 9.97 Å². The van der Waals surface area contributed by atoms with E-state index in [0.29, 0.717) is 11.3 Å². The van der Waals surface area contributed by atoms with Crippen molar-refractivity contribution in [2.45, 2.75) is 26.2 Å². The zero-order valence-corrected chi connectivity index (χ0v) is 17.5. The third-order valence-corrected chi connectivity index (χ3v) is 4.20. The Morgan fingerprint density at radius 3 is 2.10 bits per heavy atom. The Kier molecular flexibility index (Phi) is 9.17. The van der Waals surface area contributed by atoms with Gasteiger partial charge in [-0.3, -0.25) is 9.59 Å². The average Bonchev–Trinajstić information content (AvgIpc) is 2.75. The largest absolute Gasteiger partial charge is 0.465 e. The highest BCUT2D eigenvalue weighted by molar-refractivity contribution is 5.96. The highest BCUT2D eigenvalue weighted by Crippen LogP contribution is 2.28. The summed E-state index contributed by atoms with van der Waals surface area (Å²) >= 11 is 0. The number of ether oxygens (including phenoxy) is 4. The smallest absolute Gasteiger partial charge is 0.322 e. The van der Waals surface area contributed by atoms with Crippen molar-refractivity contribution in [2.75, 3.05) is 32.8 Å². The zero-order valence-electron chi connectivity index (χ0n) is 17.5. The van der Waals surface area contributed by atoms with Crippen molar-refractivity contribution in [1.29, 1.82) is 0 Å². The number of methoxy groups -OCH3 is 2. The Morgan fingerprint density at radius 2 is 1.57 bits per heavy atom. The van der Waals surface area contributed by atoms with Crippen LogP contribution in [0.15, 0.2) is 42.6 Å². The summed E-state index contributed by atoms with van der Waals surface area (Å²) in [4.78, 5) is 34.0. The topological polar surface area (TPSA) is 109 Å². The summed E-state index contributed by atoms with van der Waals surface area (Å²) in [6, 6.07) is 9.86. The molecular weight excluding hydrogens is 390 g/mol. The van der Waals surface area contributed by atoms with Crippen LogP contribution in [0.5, 0.6) is 0 Å². The Morgan fingerprint density at radius 1 is 0.967 bits per heavy atom. The molecule has 0 unspecified atom stereocenters. The maximum atomic E-state index is 12.7. The number of hydrogen-bond acceptors (Lipinski definition) is 9. The second-order valence-corrected chi connectivity index (χ2v) is 6.12. The van der Waals surface area contributed by atoms with Crippen LogP contribution in [0.2, 0.25) is 0 Å². The molecule has 0 saturated carbocycles. The summed E-state index contributed by atoms with van der Waals surface area (Å²) in [5.74, 6) is -2.44. The van der Waals surface area contributed by atoms with Crippen molar-refractivity contribution < 1.29 is 28.5 Å². The number of carbonyl (C=O) groups excluding carboxylic acids is 2. The van der Waals surface area contributed by atoms with E-state index >= 15 is 0 Å². The predicted molar refractivity (Wildman–Crippen MR) is 108 cm³/mol. The standard InChI is InChI=1S/C21H27N3O6/c1-5-29-18(25)16(19(26)30-6-2)17(14-10-8-7-9-11-14)24-21-22-13-12-15(23-21)20(27-3)28-4/h7-13,16-17,20H,5-6H2,1-4H3,(H,22,23,24)/t17-/m1/s1. The molecule has 2 aromatic rings. The van der Waals surface area contributed by atoms with Crippen molar-refractivity contribution in [3.63, 3.8) is 0 Å². The second-order valence-electron chi connectivity index (χ2n) is 6.12.